The van der Waals surface area contributed by atoms with Crippen LogP contribution < -0.4 is 10.5 Å². The molecule has 0 radical (unpaired) electrons. The largest absolute Gasteiger partial charge is 0.493 e. The second-order valence-corrected chi connectivity index (χ2v) is 4.23. The van der Waals surface area contributed by atoms with E-state index in [2.05, 4.69) is 0 Å². The molecular weight excluding hydrogens is 231 g/mol. The lowest BCUT2D eigenvalue weighted by Gasteiger charge is -2.14. The molecule has 96 valence electrons. The summed E-state index contributed by atoms with van der Waals surface area (Å²) in [6.45, 7) is 4.24. The summed E-state index contributed by atoms with van der Waals surface area (Å²) in [4.78, 5) is 0. The van der Waals surface area contributed by atoms with Gasteiger partial charge in [-0.25, -0.2) is 0 Å². The summed E-state index contributed by atoms with van der Waals surface area (Å²) in [6, 6.07) is 3.69. The fraction of sp³-hybridized carbons (Fsp3) is 0.500. The summed E-state index contributed by atoms with van der Waals surface area (Å²) in [6.07, 6.45) is -4.37. The zero-order chi connectivity index (χ0) is 13.1. The van der Waals surface area contributed by atoms with Crippen molar-refractivity contribution in [1.82, 2.24) is 0 Å². The van der Waals surface area contributed by atoms with Crippen molar-refractivity contribution in [3.05, 3.63) is 29.3 Å². The van der Waals surface area contributed by atoms with E-state index in [0.717, 1.165) is 6.07 Å². The van der Waals surface area contributed by atoms with E-state index in [1.165, 1.54) is 12.1 Å². The first-order valence-electron chi connectivity index (χ1n) is 5.37. The lowest BCUT2D eigenvalue weighted by Crippen LogP contribution is -2.12. The molecule has 1 aromatic carbocycles. The Kier molecular flexibility index (Phi) is 4.40. The van der Waals surface area contributed by atoms with Crippen LogP contribution in [0.15, 0.2) is 18.2 Å². The van der Waals surface area contributed by atoms with Gasteiger partial charge >= 0.3 is 6.18 Å². The minimum atomic E-state index is -4.37. The molecule has 0 saturated carbocycles. The van der Waals surface area contributed by atoms with Gasteiger partial charge in [0.25, 0.3) is 0 Å². The predicted octanol–water partition coefficient (Wildman–Crippen LogP) is 3.20. The van der Waals surface area contributed by atoms with Crippen LogP contribution in [0.3, 0.4) is 0 Å². The van der Waals surface area contributed by atoms with Crippen molar-refractivity contribution >= 4 is 0 Å². The van der Waals surface area contributed by atoms with Gasteiger partial charge in [0.2, 0.25) is 0 Å². The van der Waals surface area contributed by atoms with Crippen molar-refractivity contribution in [2.24, 2.45) is 11.7 Å². The fourth-order valence-electron chi connectivity index (χ4n) is 1.37. The number of hydrogen-bond acceptors (Lipinski definition) is 2. The topological polar surface area (TPSA) is 35.2 Å². The molecule has 0 amide bonds. The molecule has 2 N–H and O–H groups in total. The molecule has 0 aliphatic rings. The van der Waals surface area contributed by atoms with E-state index in [1.54, 1.807) is 0 Å². The van der Waals surface area contributed by atoms with Crippen molar-refractivity contribution in [3.63, 3.8) is 0 Å². The van der Waals surface area contributed by atoms with Crippen molar-refractivity contribution in [1.29, 1.82) is 0 Å². The van der Waals surface area contributed by atoms with E-state index in [0.29, 0.717) is 18.3 Å². The molecule has 0 bridgehead atoms. The van der Waals surface area contributed by atoms with Gasteiger partial charge in [0.05, 0.1) is 12.2 Å². The summed E-state index contributed by atoms with van der Waals surface area (Å²) in [7, 11) is 0. The highest BCUT2D eigenvalue weighted by molar-refractivity contribution is 5.37. The number of halogens is 3. The van der Waals surface area contributed by atoms with Crippen LogP contribution in [-0.2, 0) is 12.7 Å². The third-order valence-corrected chi connectivity index (χ3v) is 2.19. The van der Waals surface area contributed by atoms with Crippen molar-refractivity contribution in [2.75, 3.05) is 6.61 Å². The van der Waals surface area contributed by atoms with Gasteiger partial charge in [-0.1, -0.05) is 13.8 Å². The summed E-state index contributed by atoms with van der Waals surface area (Å²) < 4.78 is 43.1. The first-order chi connectivity index (χ1) is 7.84. The predicted molar refractivity (Wildman–Crippen MR) is 59.7 cm³/mol. The van der Waals surface area contributed by atoms with Crippen LogP contribution in [0.25, 0.3) is 0 Å². The lowest BCUT2D eigenvalue weighted by molar-refractivity contribution is -0.138. The Bertz CT molecular complexity index is 375. The standard InChI is InChI=1S/C12H16F3NO/c1-8(2)7-17-10-3-4-11(12(13,14)15)9(5-10)6-16/h3-5,8H,6-7,16H2,1-2H3. The van der Waals surface area contributed by atoms with Crippen LogP contribution in [0.1, 0.15) is 25.0 Å². The summed E-state index contributed by atoms with van der Waals surface area (Å²) >= 11 is 0. The number of benzene rings is 1. The van der Waals surface area contributed by atoms with E-state index >= 15 is 0 Å². The number of rotatable bonds is 4. The second-order valence-electron chi connectivity index (χ2n) is 4.23. The van der Waals surface area contributed by atoms with Crippen LogP contribution in [0.4, 0.5) is 13.2 Å². The maximum atomic E-state index is 12.6. The Hall–Kier alpha value is -1.23. The second kappa shape index (κ2) is 5.40. The third kappa shape index (κ3) is 3.93. The average molecular weight is 247 g/mol. The molecule has 0 unspecified atom stereocenters. The number of hydrogen-bond donors (Lipinski definition) is 1. The molecule has 5 heteroatoms. The van der Waals surface area contributed by atoms with Crippen LogP contribution in [0, 0.1) is 5.92 Å². The van der Waals surface area contributed by atoms with Gasteiger partial charge in [0.15, 0.2) is 0 Å². The summed E-state index contributed by atoms with van der Waals surface area (Å²) in [5, 5.41) is 0. The Balaban J connectivity index is 2.93. The first-order valence-corrected chi connectivity index (χ1v) is 5.37. The zero-order valence-electron chi connectivity index (χ0n) is 9.84. The molecule has 2 nitrogen and oxygen atoms in total. The maximum Gasteiger partial charge on any atom is 0.416 e. The highest BCUT2D eigenvalue weighted by Crippen LogP contribution is 2.33. The SMILES string of the molecule is CC(C)COc1ccc(C(F)(F)F)c(CN)c1. The normalized spacial score (nSPS) is 11.9. The molecule has 0 aliphatic heterocycles. The van der Waals surface area contributed by atoms with E-state index < -0.39 is 11.7 Å². The van der Waals surface area contributed by atoms with Gasteiger partial charge < -0.3 is 10.5 Å². The molecule has 0 spiro atoms. The third-order valence-electron chi connectivity index (χ3n) is 2.19. The van der Waals surface area contributed by atoms with Crippen LogP contribution in [0.5, 0.6) is 5.75 Å². The Morgan fingerprint density at radius 2 is 1.94 bits per heavy atom. The van der Waals surface area contributed by atoms with Crippen molar-refractivity contribution < 1.29 is 17.9 Å². The van der Waals surface area contributed by atoms with E-state index in [4.69, 9.17) is 10.5 Å². The summed E-state index contributed by atoms with van der Waals surface area (Å²) in [5.74, 6) is 0.741. The Morgan fingerprint density at radius 1 is 1.29 bits per heavy atom. The molecule has 0 heterocycles. The van der Waals surface area contributed by atoms with Gasteiger partial charge in [-0.3, -0.25) is 0 Å². The van der Waals surface area contributed by atoms with Gasteiger partial charge in [0.1, 0.15) is 5.75 Å². The zero-order valence-corrected chi connectivity index (χ0v) is 9.84. The molecule has 0 atom stereocenters. The van der Waals surface area contributed by atoms with Crippen LogP contribution >= 0.6 is 0 Å². The van der Waals surface area contributed by atoms with Gasteiger partial charge in [-0.15, -0.1) is 0 Å². The monoisotopic (exact) mass is 247 g/mol. The smallest absolute Gasteiger partial charge is 0.416 e. The number of ether oxygens (including phenoxy) is 1. The summed E-state index contributed by atoms with van der Waals surface area (Å²) in [5.41, 5.74) is 4.67. The molecule has 17 heavy (non-hydrogen) atoms. The quantitative estimate of drug-likeness (QED) is 0.886. The molecule has 1 aromatic rings. The lowest BCUT2D eigenvalue weighted by atomic mass is 10.1. The molecule has 1 rings (SSSR count). The molecule has 0 fully saturated rings. The number of alkyl halides is 3. The molecule has 0 aromatic heterocycles. The Labute approximate surface area is 98.6 Å². The number of nitrogens with two attached hydrogens (primary N) is 1. The Morgan fingerprint density at radius 3 is 2.41 bits per heavy atom. The fourth-order valence-corrected chi connectivity index (χ4v) is 1.37. The minimum absolute atomic E-state index is 0.0544. The highest BCUT2D eigenvalue weighted by atomic mass is 19.4. The van der Waals surface area contributed by atoms with Crippen LogP contribution in [0.2, 0.25) is 0 Å². The van der Waals surface area contributed by atoms with Gasteiger partial charge in [-0.05, 0) is 29.7 Å². The molecular formula is C12H16F3NO. The maximum absolute atomic E-state index is 12.6. The van der Waals surface area contributed by atoms with E-state index in [9.17, 15) is 13.2 Å². The van der Waals surface area contributed by atoms with Crippen molar-refractivity contribution in [3.8, 4) is 5.75 Å². The van der Waals surface area contributed by atoms with Gasteiger partial charge in [-0.2, -0.15) is 13.2 Å². The molecule has 0 aliphatic carbocycles. The van der Waals surface area contributed by atoms with E-state index in [-0.39, 0.29) is 12.1 Å². The highest BCUT2D eigenvalue weighted by Gasteiger charge is 2.32. The van der Waals surface area contributed by atoms with E-state index in [1.807, 2.05) is 13.8 Å². The van der Waals surface area contributed by atoms with Crippen molar-refractivity contribution in [2.45, 2.75) is 26.6 Å². The first kappa shape index (κ1) is 13.8. The van der Waals surface area contributed by atoms with Gasteiger partial charge in [0, 0.05) is 6.54 Å². The molecule has 0 saturated heterocycles. The minimum Gasteiger partial charge on any atom is -0.493 e. The average Bonchev–Trinajstić information content (AvgIpc) is 2.24. The van der Waals surface area contributed by atoms with Crippen LogP contribution in [-0.4, -0.2) is 6.61 Å².